The van der Waals surface area contributed by atoms with Crippen LogP contribution in [0.5, 0.6) is 0 Å². The molecule has 3 aromatic rings. The predicted molar refractivity (Wildman–Crippen MR) is 93.4 cm³/mol. The fraction of sp³-hybridized carbons (Fsp3) is 0.353. The highest BCUT2D eigenvalue weighted by Crippen LogP contribution is 2.35. The molecule has 6 heteroatoms. The molecule has 23 heavy (non-hydrogen) atoms. The van der Waals surface area contributed by atoms with Gasteiger partial charge in [0.15, 0.2) is 4.83 Å². The molecular formula is C17H16ClN3OS. The molecule has 118 valence electrons. The number of aromatic nitrogens is 3. The van der Waals surface area contributed by atoms with Crippen LogP contribution in [0.15, 0.2) is 29.1 Å². The van der Waals surface area contributed by atoms with Gasteiger partial charge in [0, 0.05) is 9.90 Å². The molecule has 4 nitrogen and oxygen atoms in total. The second kappa shape index (κ2) is 5.73. The minimum absolute atomic E-state index is 0.0306. The zero-order chi connectivity index (χ0) is 16.0. The Morgan fingerprint density at radius 3 is 2.91 bits per heavy atom. The van der Waals surface area contributed by atoms with Crippen LogP contribution < -0.4 is 5.56 Å². The number of fused-ring (bicyclic) bond motifs is 3. The van der Waals surface area contributed by atoms with Gasteiger partial charge in [0.1, 0.15) is 0 Å². The number of rotatable bonds is 2. The Morgan fingerprint density at radius 2 is 2.13 bits per heavy atom. The summed E-state index contributed by atoms with van der Waals surface area (Å²) in [4.78, 5) is 14.9. The van der Waals surface area contributed by atoms with Crippen LogP contribution in [0.1, 0.15) is 29.3 Å². The van der Waals surface area contributed by atoms with E-state index >= 15 is 0 Å². The Bertz CT molecular complexity index is 929. The molecule has 0 saturated heterocycles. The first-order chi connectivity index (χ1) is 11.1. The van der Waals surface area contributed by atoms with E-state index in [1.165, 1.54) is 15.1 Å². The van der Waals surface area contributed by atoms with Gasteiger partial charge < -0.3 is 0 Å². The van der Waals surface area contributed by atoms with Gasteiger partial charge in [-0.1, -0.05) is 35.9 Å². The summed E-state index contributed by atoms with van der Waals surface area (Å²) in [5, 5.41) is 9.87. The topological polar surface area (TPSA) is 47.8 Å². The van der Waals surface area contributed by atoms with Crippen molar-refractivity contribution in [3.63, 3.8) is 0 Å². The van der Waals surface area contributed by atoms with Crippen molar-refractivity contribution in [2.45, 2.75) is 32.7 Å². The van der Waals surface area contributed by atoms with Crippen molar-refractivity contribution in [3.8, 4) is 0 Å². The molecule has 2 aromatic heterocycles. The number of nitrogens with zero attached hydrogens (tertiary/aromatic N) is 3. The van der Waals surface area contributed by atoms with Crippen molar-refractivity contribution in [2.75, 3.05) is 0 Å². The van der Waals surface area contributed by atoms with E-state index in [1.54, 1.807) is 11.3 Å². The molecule has 1 aromatic carbocycles. The summed E-state index contributed by atoms with van der Waals surface area (Å²) in [5.74, 6) is 0.680. The smallest absolute Gasteiger partial charge is 0.267 e. The molecule has 0 saturated carbocycles. The number of hydrogen-bond acceptors (Lipinski definition) is 4. The van der Waals surface area contributed by atoms with Gasteiger partial charge in [0.2, 0.25) is 0 Å². The van der Waals surface area contributed by atoms with Crippen molar-refractivity contribution in [3.05, 3.63) is 55.6 Å². The van der Waals surface area contributed by atoms with Gasteiger partial charge in [-0.3, -0.25) is 4.79 Å². The Balaban J connectivity index is 1.78. The van der Waals surface area contributed by atoms with E-state index in [4.69, 9.17) is 11.6 Å². The van der Waals surface area contributed by atoms with E-state index < -0.39 is 0 Å². The lowest BCUT2D eigenvalue weighted by Gasteiger charge is -2.17. The molecule has 1 aliphatic carbocycles. The average molecular weight is 346 g/mol. The highest BCUT2D eigenvalue weighted by atomic mass is 35.5. The maximum Gasteiger partial charge on any atom is 0.279 e. The van der Waals surface area contributed by atoms with Crippen molar-refractivity contribution in [1.29, 1.82) is 0 Å². The normalized spacial score (nSPS) is 17.4. The van der Waals surface area contributed by atoms with E-state index in [-0.39, 0.29) is 5.56 Å². The fourth-order valence-corrected chi connectivity index (χ4v) is 4.60. The molecule has 0 aliphatic heterocycles. The monoisotopic (exact) mass is 345 g/mol. The lowest BCUT2D eigenvalue weighted by molar-refractivity contribution is 0.508. The number of hydrogen-bond donors (Lipinski definition) is 0. The Labute approximate surface area is 142 Å². The van der Waals surface area contributed by atoms with Gasteiger partial charge in [0.25, 0.3) is 5.56 Å². The second-order valence-corrected chi connectivity index (χ2v) is 7.73. The summed E-state index contributed by atoms with van der Waals surface area (Å²) in [6.45, 7) is 2.68. The van der Waals surface area contributed by atoms with Gasteiger partial charge >= 0.3 is 0 Å². The number of thiophene rings is 1. The average Bonchev–Trinajstić information content (AvgIpc) is 2.90. The van der Waals surface area contributed by atoms with Gasteiger partial charge in [0.05, 0.1) is 11.9 Å². The van der Waals surface area contributed by atoms with Crippen LogP contribution in [0, 0.1) is 5.92 Å². The van der Waals surface area contributed by atoms with Gasteiger partial charge in [-0.25, -0.2) is 4.68 Å². The minimum atomic E-state index is -0.0306. The Hall–Kier alpha value is -1.72. The third kappa shape index (κ3) is 2.68. The standard InChI is InChI=1S/C17H16ClN3OS/c1-10-2-7-13-14(8-10)23-16-15(13)17(22)21(20-19-16)9-11-3-5-12(18)6-4-11/h3-6,10H,2,7-9H2,1H3/t10-/m0/s1. The van der Waals surface area contributed by atoms with Crippen LogP contribution in [0.3, 0.4) is 0 Å². The van der Waals surface area contributed by atoms with Gasteiger partial charge in [-0.15, -0.1) is 16.4 Å². The quantitative estimate of drug-likeness (QED) is 0.711. The van der Waals surface area contributed by atoms with Crippen molar-refractivity contribution >= 4 is 33.2 Å². The van der Waals surface area contributed by atoms with E-state index in [0.717, 1.165) is 35.0 Å². The summed E-state index contributed by atoms with van der Waals surface area (Å²) in [6.07, 6.45) is 3.16. The Morgan fingerprint density at radius 1 is 1.35 bits per heavy atom. The van der Waals surface area contributed by atoms with Crippen LogP contribution in [0.2, 0.25) is 5.02 Å². The molecule has 4 rings (SSSR count). The summed E-state index contributed by atoms with van der Waals surface area (Å²) in [7, 11) is 0. The molecule has 0 bridgehead atoms. The summed E-state index contributed by atoms with van der Waals surface area (Å²) < 4.78 is 1.45. The van der Waals surface area contributed by atoms with Crippen LogP contribution in [0.25, 0.3) is 10.2 Å². The van der Waals surface area contributed by atoms with E-state index in [2.05, 4.69) is 17.2 Å². The zero-order valence-electron chi connectivity index (χ0n) is 12.8. The van der Waals surface area contributed by atoms with Crippen LogP contribution in [-0.4, -0.2) is 15.0 Å². The van der Waals surface area contributed by atoms with E-state index in [0.29, 0.717) is 17.5 Å². The highest BCUT2D eigenvalue weighted by Gasteiger charge is 2.23. The van der Waals surface area contributed by atoms with Crippen molar-refractivity contribution in [2.24, 2.45) is 5.92 Å². The molecule has 0 amide bonds. The first-order valence-electron chi connectivity index (χ1n) is 7.74. The lowest BCUT2D eigenvalue weighted by Crippen LogP contribution is -2.25. The van der Waals surface area contributed by atoms with Gasteiger partial charge in [-0.2, -0.15) is 0 Å². The third-order valence-electron chi connectivity index (χ3n) is 4.43. The highest BCUT2D eigenvalue weighted by molar-refractivity contribution is 7.18. The van der Waals surface area contributed by atoms with E-state index in [9.17, 15) is 4.79 Å². The molecular weight excluding hydrogens is 330 g/mol. The molecule has 0 radical (unpaired) electrons. The van der Waals surface area contributed by atoms with E-state index in [1.807, 2.05) is 24.3 Å². The number of halogens is 1. The maximum absolute atomic E-state index is 12.9. The fourth-order valence-electron chi connectivity index (χ4n) is 3.16. The lowest BCUT2D eigenvalue weighted by atomic mass is 9.89. The maximum atomic E-state index is 12.9. The third-order valence-corrected chi connectivity index (χ3v) is 5.82. The van der Waals surface area contributed by atoms with Gasteiger partial charge in [-0.05, 0) is 48.4 Å². The number of aryl methyl sites for hydroxylation is 1. The Kier molecular flexibility index (Phi) is 3.70. The van der Waals surface area contributed by atoms with Crippen molar-refractivity contribution < 1.29 is 0 Å². The summed E-state index contributed by atoms with van der Waals surface area (Å²) >= 11 is 7.54. The molecule has 0 unspecified atom stereocenters. The SMILES string of the molecule is C[C@H]1CCc2c(sc3nnn(Cc4ccc(Cl)cc4)c(=O)c23)C1. The largest absolute Gasteiger partial charge is 0.279 e. The first-order valence-corrected chi connectivity index (χ1v) is 8.94. The van der Waals surface area contributed by atoms with Crippen LogP contribution in [-0.2, 0) is 19.4 Å². The molecule has 0 fully saturated rings. The number of benzene rings is 1. The molecule has 1 atom stereocenters. The summed E-state index contributed by atoms with van der Waals surface area (Å²) in [5.41, 5.74) is 2.16. The van der Waals surface area contributed by atoms with Crippen LogP contribution >= 0.6 is 22.9 Å². The molecule has 0 spiro atoms. The minimum Gasteiger partial charge on any atom is -0.267 e. The van der Waals surface area contributed by atoms with Crippen LogP contribution in [0.4, 0.5) is 0 Å². The molecule has 0 N–H and O–H groups in total. The zero-order valence-corrected chi connectivity index (χ0v) is 14.3. The first kappa shape index (κ1) is 14.8. The predicted octanol–water partition coefficient (Wildman–Crippen LogP) is 3.68. The van der Waals surface area contributed by atoms with Crippen molar-refractivity contribution in [1.82, 2.24) is 15.0 Å². The molecule has 2 heterocycles. The second-order valence-electron chi connectivity index (χ2n) is 6.21. The summed E-state index contributed by atoms with van der Waals surface area (Å²) in [6, 6.07) is 7.46. The molecule has 1 aliphatic rings.